The Bertz CT molecular complexity index is 567. The number of phenolic OH excluding ortho intramolecular Hbond substituents is 1. The van der Waals surface area contributed by atoms with Gasteiger partial charge in [0, 0.05) is 5.56 Å². The lowest BCUT2D eigenvalue weighted by atomic mass is 9.85. The van der Waals surface area contributed by atoms with Gasteiger partial charge in [0.15, 0.2) is 0 Å². The molecule has 19 heavy (non-hydrogen) atoms. The van der Waals surface area contributed by atoms with Gasteiger partial charge in [-0.15, -0.1) is 0 Å². The van der Waals surface area contributed by atoms with Gasteiger partial charge in [-0.05, 0) is 35.1 Å². The number of aliphatic hydroxyl groups is 1. The van der Waals surface area contributed by atoms with E-state index in [9.17, 15) is 10.2 Å². The highest BCUT2D eigenvalue weighted by molar-refractivity contribution is 5.87. The van der Waals surface area contributed by atoms with Gasteiger partial charge in [-0.2, -0.15) is 0 Å². The summed E-state index contributed by atoms with van der Waals surface area (Å²) in [5.74, 6) is 0.319. The summed E-state index contributed by atoms with van der Waals surface area (Å²) in [5.41, 5.74) is 0.807. The average molecular weight is 258 g/mol. The fraction of sp³-hybridized carbons (Fsp3) is 0.412. The second-order valence-electron chi connectivity index (χ2n) is 6.20. The van der Waals surface area contributed by atoms with Crippen LogP contribution in [0.1, 0.15) is 32.8 Å². The van der Waals surface area contributed by atoms with E-state index in [1.54, 1.807) is 6.07 Å². The van der Waals surface area contributed by atoms with Crippen LogP contribution in [-0.4, -0.2) is 16.3 Å². The summed E-state index contributed by atoms with van der Waals surface area (Å²) in [6.45, 7) is 6.09. The van der Waals surface area contributed by atoms with Crippen molar-refractivity contribution in [2.75, 3.05) is 0 Å². The number of phenols is 1. The second kappa shape index (κ2) is 5.22. The van der Waals surface area contributed by atoms with Gasteiger partial charge >= 0.3 is 0 Å². The number of benzene rings is 2. The van der Waals surface area contributed by atoms with Crippen molar-refractivity contribution in [3.63, 3.8) is 0 Å². The molecule has 0 fully saturated rings. The smallest absolute Gasteiger partial charge is 0.119 e. The third kappa shape index (κ3) is 3.07. The van der Waals surface area contributed by atoms with Gasteiger partial charge in [-0.3, -0.25) is 0 Å². The molecule has 102 valence electrons. The Morgan fingerprint density at radius 1 is 1.05 bits per heavy atom. The molecule has 1 unspecified atom stereocenters. The van der Waals surface area contributed by atoms with Crippen molar-refractivity contribution >= 4 is 10.8 Å². The lowest BCUT2D eigenvalue weighted by molar-refractivity contribution is 0.0559. The molecule has 0 spiro atoms. The van der Waals surface area contributed by atoms with E-state index in [1.807, 2.05) is 51.1 Å². The fourth-order valence-corrected chi connectivity index (χ4v) is 2.30. The third-order valence-electron chi connectivity index (χ3n) is 3.68. The Morgan fingerprint density at radius 2 is 1.74 bits per heavy atom. The normalized spacial score (nSPS) is 13.7. The SMILES string of the molecule is CC(C)(C)C(O)CCc1c(O)ccc2ccccc12. The van der Waals surface area contributed by atoms with E-state index >= 15 is 0 Å². The summed E-state index contributed by atoms with van der Waals surface area (Å²) in [6.07, 6.45) is 0.974. The number of fused-ring (bicyclic) bond motifs is 1. The Morgan fingerprint density at radius 3 is 2.42 bits per heavy atom. The van der Waals surface area contributed by atoms with Gasteiger partial charge in [0.2, 0.25) is 0 Å². The van der Waals surface area contributed by atoms with Crippen molar-refractivity contribution in [1.82, 2.24) is 0 Å². The molecule has 0 bridgehead atoms. The van der Waals surface area contributed by atoms with E-state index in [0.29, 0.717) is 18.6 Å². The quantitative estimate of drug-likeness (QED) is 0.877. The zero-order valence-corrected chi connectivity index (χ0v) is 11.9. The van der Waals surface area contributed by atoms with Crippen LogP contribution in [0.25, 0.3) is 10.8 Å². The summed E-state index contributed by atoms with van der Waals surface area (Å²) in [5, 5.41) is 22.4. The van der Waals surface area contributed by atoms with Crippen molar-refractivity contribution in [2.24, 2.45) is 5.41 Å². The molecule has 0 heterocycles. The minimum atomic E-state index is -0.370. The molecule has 0 amide bonds. The van der Waals surface area contributed by atoms with Crippen molar-refractivity contribution < 1.29 is 10.2 Å². The molecule has 0 aromatic heterocycles. The molecule has 0 aliphatic heterocycles. The molecule has 0 radical (unpaired) electrons. The lowest BCUT2D eigenvalue weighted by Gasteiger charge is -2.26. The summed E-state index contributed by atoms with van der Waals surface area (Å²) in [7, 11) is 0. The van der Waals surface area contributed by atoms with Crippen molar-refractivity contribution in [2.45, 2.75) is 39.7 Å². The summed E-state index contributed by atoms with van der Waals surface area (Å²) in [4.78, 5) is 0. The first-order valence-corrected chi connectivity index (χ1v) is 6.77. The van der Waals surface area contributed by atoms with Gasteiger partial charge < -0.3 is 10.2 Å². The van der Waals surface area contributed by atoms with E-state index in [1.165, 1.54) is 0 Å². The third-order valence-corrected chi connectivity index (χ3v) is 3.68. The van der Waals surface area contributed by atoms with E-state index < -0.39 is 0 Å². The molecule has 2 aromatic carbocycles. The largest absolute Gasteiger partial charge is 0.508 e. The summed E-state index contributed by atoms with van der Waals surface area (Å²) in [6, 6.07) is 11.7. The van der Waals surface area contributed by atoms with Crippen LogP contribution in [0.2, 0.25) is 0 Å². The van der Waals surface area contributed by atoms with Crippen LogP contribution in [0.3, 0.4) is 0 Å². The molecule has 1 atom stereocenters. The molecule has 2 heteroatoms. The monoisotopic (exact) mass is 258 g/mol. The molecular weight excluding hydrogens is 236 g/mol. The number of aryl methyl sites for hydroxylation is 1. The van der Waals surface area contributed by atoms with Gasteiger partial charge in [0.25, 0.3) is 0 Å². The topological polar surface area (TPSA) is 40.5 Å². The first-order valence-electron chi connectivity index (χ1n) is 6.77. The van der Waals surface area contributed by atoms with Crippen LogP contribution in [0.4, 0.5) is 0 Å². The Labute approximate surface area is 114 Å². The number of rotatable bonds is 3. The lowest BCUT2D eigenvalue weighted by Crippen LogP contribution is -2.26. The predicted octanol–water partition coefficient (Wildman–Crippen LogP) is 3.89. The van der Waals surface area contributed by atoms with Crippen LogP contribution in [0, 0.1) is 5.41 Å². The van der Waals surface area contributed by atoms with Crippen LogP contribution in [-0.2, 0) is 6.42 Å². The van der Waals surface area contributed by atoms with Crippen molar-refractivity contribution in [3.05, 3.63) is 42.0 Å². The molecular formula is C17H22O2. The molecule has 2 aromatic rings. The highest BCUT2D eigenvalue weighted by atomic mass is 16.3. The zero-order chi connectivity index (χ0) is 14.0. The van der Waals surface area contributed by atoms with Gasteiger partial charge in [0.05, 0.1) is 6.10 Å². The maximum absolute atomic E-state index is 10.1. The van der Waals surface area contributed by atoms with E-state index in [2.05, 4.69) is 0 Å². The number of hydrogen-bond donors (Lipinski definition) is 2. The maximum Gasteiger partial charge on any atom is 0.119 e. The van der Waals surface area contributed by atoms with E-state index in [-0.39, 0.29) is 11.5 Å². The van der Waals surface area contributed by atoms with E-state index in [4.69, 9.17) is 0 Å². The molecule has 2 N–H and O–H groups in total. The Balaban J connectivity index is 2.27. The Kier molecular flexibility index (Phi) is 3.81. The number of aromatic hydroxyl groups is 1. The predicted molar refractivity (Wildman–Crippen MR) is 79.4 cm³/mol. The number of hydrogen-bond acceptors (Lipinski definition) is 2. The first kappa shape index (κ1) is 13.9. The van der Waals surface area contributed by atoms with Gasteiger partial charge in [-0.25, -0.2) is 0 Å². The summed E-state index contributed by atoms with van der Waals surface area (Å²) < 4.78 is 0. The van der Waals surface area contributed by atoms with Crippen molar-refractivity contribution in [1.29, 1.82) is 0 Å². The molecule has 0 saturated heterocycles. The van der Waals surface area contributed by atoms with E-state index in [0.717, 1.165) is 16.3 Å². The highest BCUT2D eigenvalue weighted by Crippen LogP contribution is 2.30. The molecule has 2 rings (SSSR count). The minimum absolute atomic E-state index is 0.125. The fourth-order valence-electron chi connectivity index (χ4n) is 2.30. The van der Waals surface area contributed by atoms with Crippen molar-refractivity contribution in [3.8, 4) is 5.75 Å². The molecule has 0 saturated carbocycles. The zero-order valence-electron chi connectivity index (χ0n) is 11.9. The summed E-state index contributed by atoms with van der Waals surface area (Å²) >= 11 is 0. The Hall–Kier alpha value is -1.54. The van der Waals surface area contributed by atoms with Crippen LogP contribution >= 0.6 is 0 Å². The molecule has 2 nitrogen and oxygen atoms in total. The standard InChI is InChI=1S/C17H22O2/c1-17(2,3)16(19)11-9-14-13-7-5-4-6-12(13)8-10-15(14)18/h4-8,10,16,18-19H,9,11H2,1-3H3. The first-order chi connectivity index (χ1) is 8.89. The minimum Gasteiger partial charge on any atom is -0.508 e. The molecule has 0 aliphatic rings. The molecule has 0 aliphatic carbocycles. The van der Waals surface area contributed by atoms with Gasteiger partial charge in [0.1, 0.15) is 5.75 Å². The second-order valence-corrected chi connectivity index (χ2v) is 6.20. The maximum atomic E-state index is 10.1. The van der Waals surface area contributed by atoms with Crippen LogP contribution < -0.4 is 0 Å². The van der Waals surface area contributed by atoms with Crippen LogP contribution in [0.5, 0.6) is 5.75 Å². The highest BCUT2D eigenvalue weighted by Gasteiger charge is 2.22. The average Bonchev–Trinajstić information content (AvgIpc) is 2.36. The number of aliphatic hydroxyl groups excluding tert-OH is 1. The van der Waals surface area contributed by atoms with Gasteiger partial charge in [-0.1, -0.05) is 51.1 Å². The van der Waals surface area contributed by atoms with Crippen LogP contribution in [0.15, 0.2) is 36.4 Å².